The molecule has 2 heterocycles. The Morgan fingerprint density at radius 3 is 3.00 bits per heavy atom. The lowest BCUT2D eigenvalue weighted by atomic mass is 10.1. The first-order valence-corrected chi connectivity index (χ1v) is 6.01. The van der Waals surface area contributed by atoms with Crippen LogP contribution in [0.15, 0.2) is 6.58 Å². The minimum atomic E-state index is 0.573. The van der Waals surface area contributed by atoms with Crippen molar-refractivity contribution in [1.82, 2.24) is 15.0 Å². The summed E-state index contributed by atoms with van der Waals surface area (Å²) in [5, 5.41) is 8.30. The van der Waals surface area contributed by atoms with Gasteiger partial charge in [-0.25, -0.2) is 4.68 Å². The first-order valence-electron chi connectivity index (χ1n) is 6.01. The first kappa shape index (κ1) is 11.3. The van der Waals surface area contributed by atoms with Crippen LogP contribution in [0.3, 0.4) is 0 Å². The van der Waals surface area contributed by atoms with Gasteiger partial charge >= 0.3 is 0 Å². The standard InChI is InChI=1S/C12H19N3O/c1-3-4-5-6-7-15-12-10(2)8-16-9-11(12)13-14-15/h2-9H2,1H3. The molecule has 1 aromatic heterocycles. The van der Waals surface area contributed by atoms with E-state index in [9.17, 15) is 0 Å². The van der Waals surface area contributed by atoms with Gasteiger partial charge in [0.2, 0.25) is 0 Å². The summed E-state index contributed by atoms with van der Waals surface area (Å²) < 4.78 is 7.33. The quantitative estimate of drug-likeness (QED) is 0.717. The van der Waals surface area contributed by atoms with E-state index < -0.39 is 0 Å². The highest BCUT2D eigenvalue weighted by atomic mass is 16.5. The van der Waals surface area contributed by atoms with Crippen LogP contribution >= 0.6 is 0 Å². The molecule has 0 aliphatic carbocycles. The lowest BCUT2D eigenvalue weighted by molar-refractivity contribution is 0.142. The third-order valence-electron chi connectivity index (χ3n) is 2.88. The average molecular weight is 221 g/mol. The molecule has 0 saturated carbocycles. The smallest absolute Gasteiger partial charge is 0.116 e. The highest BCUT2D eigenvalue weighted by molar-refractivity contribution is 5.63. The Kier molecular flexibility index (Phi) is 3.72. The summed E-state index contributed by atoms with van der Waals surface area (Å²) in [5.41, 5.74) is 3.04. The van der Waals surface area contributed by atoms with Gasteiger partial charge in [0.15, 0.2) is 0 Å². The Balaban J connectivity index is 1.99. The van der Waals surface area contributed by atoms with Gasteiger partial charge in [0.25, 0.3) is 0 Å². The minimum Gasteiger partial charge on any atom is -0.370 e. The maximum Gasteiger partial charge on any atom is 0.116 e. The zero-order valence-electron chi connectivity index (χ0n) is 9.91. The molecule has 1 aliphatic rings. The van der Waals surface area contributed by atoms with Crippen LogP contribution in [0.4, 0.5) is 0 Å². The molecule has 1 aromatic rings. The van der Waals surface area contributed by atoms with Crippen molar-refractivity contribution in [2.45, 2.75) is 45.8 Å². The minimum absolute atomic E-state index is 0.573. The van der Waals surface area contributed by atoms with Crippen molar-refractivity contribution in [2.75, 3.05) is 6.61 Å². The fraction of sp³-hybridized carbons (Fsp3) is 0.667. The van der Waals surface area contributed by atoms with Crippen molar-refractivity contribution in [3.63, 3.8) is 0 Å². The predicted octanol–water partition coefficient (Wildman–Crippen LogP) is 2.40. The summed E-state index contributed by atoms with van der Waals surface area (Å²) in [6.07, 6.45) is 4.98. The average Bonchev–Trinajstić information content (AvgIpc) is 2.69. The van der Waals surface area contributed by atoms with Gasteiger partial charge < -0.3 is 4.74 Å². The normalized spacial score (nSPS) is 15.2. The second-order valence-electron chi connectivity index (χ2n) is 4.26. The zero-order valence-corrected chi connectivity index (χ0v) is 9.91. The van der Waals surface area contributed by atoms with Crippen LogP contribution in [0.1, 0.15) is 44.0 Å². The Morgan fingerprint density at radius 1 is 1.31 bits per heavy atom. The highest BCUT2D eigenvalue weighted by Crippen LogP contribution is 2.22. The molecule has 0 saturated heterocycles. The van der Waals surface area contributed by atoms with Gasteiger partial charge in [0, 0.05) is 6.54 Å². The number of ether oxygens (including phenoxy) is 1. The molecule has 0 atom stereocenters. The van der Waals surface area contributed by atoms with E-state index in [-0.39, 0.29) is 0 Å². The fourth-order valence-electron chi connectivity index (χ4n) is 2.02. The molecule has 0 N–H and O–H groups in total. The van der Waals surface area contributed by atoms with Gasteiger partial charge in [0.1, 0.15) is 5.69 Å². The van der Waals surface area contributed by atoms with Crippen molar-refractivity contribution in [2.24, 2.45) is 0 Å². The molecule has 0 fully saturated rings. The van der Waals surface area contributed by atoms with Crippen molar-refractivity contribution in [3.8, 4) is 0 Å². The van der Waals surface area contributed by atoms with E-state index in [1.165, 1.54) is 19.3 Å². The molecule has 0 aromatic carbocycles. The zero-order chi connectivity index (χ0) is 11.4. The predicted molar refractivity (Wildman–Crippen MR) is 62.9 cm³/mol. The summed E-state index contributed by atoms with van der Waals surface area (Å²) in [6, 6.07) is 0. The van der Waals surface area contributed by atoms with E-state index in [4.69, 9.17) is 4.74 Å². The third-order valence-corrected chi connectivity index (χ3v) is 2.88. The van der Waals surface area contributed by atoms with E-state index >= 15 is 0 Å². The maximum absolute atomic E-state index is 5.35. The van der Waals surface area contributed by atoms with Crippen LogP contribution in [-0.2, 0) is 17.9 Å². The van der Waals surface area contributed by atoms with Crippen molar-refractivity contribution in [3.05, 3.63) is 18.0 Å². The molecule has 0 unspecified atom stereocenters. The Morgan fingerprint density at radius 2 is 2.19 bits per heavy atom. The summed E-state index contributed by atoms with van der Waals surface area (Å²) in [4.78, 5) is 0. The lowest BCUT2D eigenvalue weighted by Crippen LogP contribution is -2.12. The van der Waals surface area contributed by atoms with Gasteiger partial charge in [-0.15, -0.1) is 5.10 Å². The summed E-state index contributed by atoms with van der Waals surface area (Å²) in [6.45, 7) is 8.35. The fourth-order valence-corrected chi connectivity index (χ4v) is 2.02. The molecule has 0 radical (unpaired) electrons. The Labute approximate surface area is 96.3 Å². The van der Waals surface area contributed by atoms with Gasteiger partial charge in [0.05, 0.1) is 18.9 Å². The monoisotopic (exact) mass is 221 g/mol. The molecule has 88 valence electrons. The molecule has 4 nitrogen and oxygen atoms in total. The first-order chi connectivity index (χ1) is 7.83. The molecule has 16 heavy (non-hydrogen) atoms. The summed E-state index contributed by atoms with van der Waals surface area (Å²) in [7, 11) is 0. The molecular weight excluding hydrogens is 202 g/mol. The molecule has 0 bridgehead atoms. The molecule has 2 rings (SSSR count). The van der Waals surface area contributed by atoms with Crippen LogP contribution in [0.5, 0.6) is 0 Å². The van der Waals surface area contributed by atoms with Crippen LogP contribution in [0, 0.1) is 0 Å². The van der Waals surface area contributed by atoms with Gasteiger partial charge in [-0.1, -0.05) is 38.0 Å². The molecule has 0 spiro atoms. The number of aromatic nitrogens is 3. The number of unbranched alkanes of at least 4 members (excludes halogenated alkanes) is 3. The number of aryl methyl sites for hydroxylation is 1. The second-order valence-corrected chi connectivity index (χ2v) is 4.26. The van der Waals surface area contributed by atoms with Crippen LogP contribution in [0.25, 0.3) is 5.57 Å². The van der Waals surface area contributed by atoms with Gasteiger partial charge in [-0.05, 0) is 12.0 Å². The van der Waals surface area contributed by atoms with Crippen molar-refractivity contribution >= 4 is 5.57 Å². The van der Waals surface area contributed by atoms with E-state index in [0.29, 0.717) is 13.2 Å². The Hall–Kier alpha value is -1.16. The van der Waals surface area contributed by atoms with E-state index in [1.807, 2.05) is 4.68 Å². The van der Waals surface area contributed by atoms with Crippen molar-refractivity contribution < 1.29 is 4.74 Å². The molecular formula is C12H19N3O. The number of hydrogen-bond donors (Lipinski definition) is 0. The molecule has 0 amide bonds. The third kappa shape index (κ3) is 2.32. The van der Waals surface area contributed by atoms with Gasteiger partial charge in [-0.2, -0.15) is 0 Å². The lowest BCUT2D eigenvalue weighted by Gasteiger charge is -2.15. The largest absolute Gasteiger partial charge is 0.370 e. The van der Waals surface area contributed by atoms with Crippen molar-refractivity contribution in [1.29, 1.82) is 0 Å². The van der Waals surface area contributed by atoms with E-state index in [0.717, 1.165) is 29.9 Å². The number of hydrogen-bond acceptors (Lipinski definition) is 3. The highest BCUT2D eigenvalue weighted by Gasteiger charge is 2.19. The SMILES string of the molecule is C=C1COCc2nnn(CCCCCC)c21. The maximum atomic E-state index is 5.35. The molecule has 4 heteroatoms. The van der Waals surface area contributed by atoms with Crippen LogP contribution in [-0.4, -0.2) is 21.6 Å². The topological polar surface area (TPSA) is 39.9 Å². The van der Waals surface area contributed by atoms with Crippen LogP contribution in [0.2, 0.25) is 0 Å². The van der Waals surface area contributed by atoms with Gasteiger partial charge in [-0.3, -0.25) is 0 Å². The number of rotatable bonds is 5. The summed E-state index contributed by atoms with van der Waals surface area (Å²) in [5.74, 6) is 0. The number of nitrogens with zero attached hydrogens (tertiary/aromatic N) is 3. The van der Waals surface area contributed by atoms with E-state index in [1.54, 1.807) is 0 Å². The second kappa shape index (κ2) is 5.25. The summed E-state index contributed by atoms with van der Waals surface area (Å²) >= 11 is 0. The Bertz CT molecular complexity index is 370. The molecule has 1 aliphatic heterocycles. The van der Waals surface area contributed by atoms with E-state index in [2.05, 4.69) is 23.8 Å². The van der Waals surface area contributed by atoms with Crippen LogP contribution < -0.4 is 0 Å². The number of fused-ring (bicyclic) bond motifs is 1.